The third kappa shape index (κ3) is 3.97. The average Bonchev–Trinajstić information content (AvgIpc) is 2.64. The Hall–Kier alpha value is -1.78. The molecule has 0 aliphatic carbocycles. The number of fused-ring (bicyclic) bond motifs is 1. The summed E-state index contributed by atoms with van der Waals surface area (Å²) in [7, 11) is -0.633. The maximum absolute atomic E-state index is 13.6. The van der Waals surface area contributed by atoms with Gasteiger partial charge in [-0.05, 0) is 35.2 Å². The molecule has 0 N–H and O–H groups in total. The summed E-state index contributed by atoms with van der Waals surface area (Å²) in [5.41, 5.74) is 2.68. The maximum Gasteiger partial charge on any atom is 0.351 e. The average molecular weight is 375 g/mol. The van der Waals surface area contributed by atoms with Crippen molar-refractivity contribution >= 4 is 13.7 Å². The van der Waals surface area contributed by atoms with Gasteiger partial charge in [0.1, 0.15) is 11.6 Å². The summed E-state index contributed by atoms with van der Waals surface area (Å²) in [4.78, 5) is 2.05. The largest absolute Gasteiger partial charge is 0.351 e. The quantitative estimate of drug-likeness (QED) is 0.671. The lowest BCUT2D eigenvalue weighted by Gasteiger charge is -2.36. The zero-order valence-electron chi connectivity index (χ0n) is 15.0. The summed E-state index contributed by atoms with van der Waals surface area (Å²) in [5, 5.41) is 0. The van der Waals surface area contributed by atoms with Crippen molar-refractivity contribution < 1.29 is 18.0 Å². The van der Waals surface area contributed by atoms with Gasteiger partial charge in [0.15, 0.2) is 0 Å². The lowest BCUT2D eigenvalue weighted by atomic mass is 10.0. The normalized spacial score (nSPS) is 19.4. The number of nitrogens with zero attached hydrogens (tertiary/aromatic N) is 1. The highest BCUT2D eigenvalue weighted by atomic mass is 31.2. The first-order chi connectivity index (χ1) is 12.6. The van der Waals surface area contributed by atoms with E-state index in [-0.39, 0.29) is 5.82 Å². The first-order valence-corrected chi connectivity index (χ1v) is 10.1. The van der Waals surface area contributed by atoms with E-state index in [4.69, 9.17) is 9.05 Å². The van der Waals surface area contributed by atoms with Gasteiger partial charge in [0, 0.05) is 27.3 Å². The lowest BCUT2D eigenvalue weighted by Crippen LogP contribution is -2.31. The van der Waals surface area contributed by atoms with Crippen LogP contribution in [0.15, 0.2) is 54.6 Å². The van der Waals surface area contributed by atoms with E-state index in [1.807, 2.05) is 41.3 Å². The van der Waals surface area contributed by atoms with Crippen LogP contribution in [-0.4, -0.2) is 25.7 Å². The van der Waals surface area contributed by atoms with Crippen LogP contribution in [0.5, 0.6) is 0 Å². The highest BCUT2D eigenvalue weighted by molar-refractivity contribution is 7.54. The lowest BCUT2D eigenvalue weighted by molar-refractivity contribution is 0.183. The molecule has 0 aromatic heterocycles. The van der Waals surface area contributed by atoms with Crippen LogP contribution < -0.4 is 0 Å². The Morgan fingerprint density at radius 2 is 1.92 bits per heavy atom. The second kappa shape index (κ2) is 8.28. The standard InChI is InChI=1S/C20H23FNO3P/c1-24-26(23,25-2)20-19-12-4-3-9-17(19)10-5-6-13-22(20)15-16-8-7-11-18(21)14-16/h3-5,7-12,14,20H,6,13,15H2,1-2H3/b10-5-. The van der Waals surface area contributed by atoms with Crippen molar-refractivity contribution in [2.75, 3.05) is 20.8 Å². The molecule has 2 aromatic rings. The second-order valence-corrected chi connectivity index (χ2v) is 8.50. The summed E-state index contributed by atoms with van der Waals surface area (Å²) in [6, 6.07) is 14.3. The van der Waals surface area contributed by atoms with Gasteiger partial charge in [0.2, 0.25) is 0 Å². The fourth-order valence-electron chi connectivity index (χ4n) is 3.35. The zero-order chi connectivity index (χ0) is 18.6. The van der Waals surface area contributed by atoms with Crippen molar-refractivity contribution in [1.29, 1.82) is 0 Å². The molecule has 0 radical (unpaired) electrons. The molecule has 2 aromatic carbocycles. The maximum atomic E-state index is 13.6. The Bertz CT molecular complexity index is 831. The summed E-state index contributed by atoms with van der Waals surface area (Å²) in [5.74, 6) is -0.852. The molecule has 1 aliphatic rings. The topological polar surface area (TPSA) is 38.8 Å². The molecular weight excluding hydrogens is 352 g/mol. The summed E-state index contributed by atoms with van der Waals surface area (Å²) in [6.45, 7) is 1.10. The minimum Gasteiger partial charge on any atom is -0.311 e. The highest BCUT2D eigenvalue weighted by Crippen LogP contribution is 2.62. The first kappa shape index (κ1) is 19.0. The minimum absolute atomic E-state index is 0.284. The molecule has 26 heavy (non-hydrogen) atoms. The number of hydrogen-bond donors (Lipinski definition) is 0. The Labute approximate surface area is 153 Å². The second-order valence-electron chi connectivity index (χ2n) is 6.20. The monoisotopic (exact) mass is 375 g/mol. The molecule has 138 valence electrons. The molecule has 1 unspecified atom stereocenters. The molecule has 0 bridgehead atoms. The van der Waals surface area contributed by atoms with Crippen LogP contribution in [0.3, 0.4) is 0 Å². The fraction of sp³-hybridized carbons (Fsp3) is 0.300. The van der Waals surface area contributed by atoms with Gasteiger partial charge in [0.05, 0.1) is 0 Å². The summed E-state index contributed by atoms with van der Waals surface area (Å²) in [6.07, 6.45) is 4.92. The van der Waals surface area contributed by atoms with Crippen molar-refractivity contribution in [2.45, 2.75) is 18.7 Å². The van der Waals surface area contributed by atoms with Crippen LogP contribution in [-0.2, 0) is 20.2 Å². The summed E-state index contributed by atoms with van der Waals surface area (Å²) < 4.78 is 37.8. The molecule has 4 nitrogen and oxygen atoms in total. The number of hydrogen-bond acceptors (Lipinski definition) is 4. The van der Waals surface area contributed by atoms with E-state index in [0.717, 1.165) is 23.1 Å². The van der Waals surface area contributed by atoms with E-state index in [2.05, 4.69) is 6.08 Å². The van der Waals surface area contributed by atoms with E-state index < -0.39 is 13.4 Å². The van der Waals surface area contributed by atoms with Gasteiger partial charge in [-0.3, -0.25) is 9.46 Å². The molecular formula is C20H23FNO3P. The van der Waals surface area contributed by atoms with Crippen LogP contribution in [0.1, 0.15) is 28.9 Å². The van der Waals surface area contributed by atoms with E-state index in [1.54, 1.807) is 6.07 Å². The van der Waals surface area contributed by atoms with Gasteiger partial charge in [-0.15, -0.1) is 0 Å². The molecule has 0 spiro atoms. The smallest absolute Gasteiger partial charge is 0.311 e. The Balaban J connectivity index is 2.08. The van der Waals surface area contributed by atoms with Gasteiger partial charge < -0.3 is 9.05 Å². The third-order valence-corrected chi connectivity index (χ3v) is 6.81. The van der Waals surface area contributed by atoms with Crippen LogP contribution in [0.4, 0.5) is 4.39 Å². The molecule has 1 heterocycles. The molecule has 0 amide bonds. The number of rotatable bonds is 5. The van der Waals surface area contributed by atoms with Crippen molar-refractivity contribution in [2.24, 2.45) is 0 Å². The van der Waals surface area contributed by atoms with E-state index in [0.29, 0.717) is 13.1 Å². The van der Waals surface area contributed by atoms with Crippen LogP contribution in [0.25, 0.3) is 6.08 Å². The van der Waals surface area contributed by atoms with Gasteiger partial charge in [-0.2, -0.15) is 0 Å². The SMILES string of the molecule is COP(=O)(OC)C1c2ccccc2/C=C\CCN1Cc1cccc(F)c1. The van der Waals surface area contributed by atoms with Crippen LogP contribution in [0, 0.1) is 5.82 Å². The fourth-order valence-corrected chi connectivity index (χ4v) is 5.07. The number of benzene rings is 2. The van der Waals surface area contributed by atoms with Gasteiger partial charge >= 0.3 is 7.60 Å². The predicted molar refractivity (Wildman–Crippen MR) is 101 cm³/mol. The van der Waals surface area contributed by atoms with Gasteiger partial charge in [0.25, 0.3) is 0 Å². The Morgan fingerprint density at radius 1 is 1.15 bits per heavy atom. The van der Waals surface area contributed by atoms with Crippen molar-refractivity contribution in [3.8, 4) is 0 Å². The molecule has 0 saturated carbocycles. The van der Waals surface area contributed by atoms with Crippen molar-refractivity contribution in [1.82, 2.24) is 4.90 Å². The molecule has 0 saturated heterocycles. The van der Waals surface area contributed by atoms with Crippen LogP contribution >= 0.6 is 7.60 Å². The first-order valence-electron chi connectivity index (χ1n) is 8.52. The highest BCUT2D eigenvalue weighted by Gasteiger charge is 2.41. The Kier molecular flexibility index (Phi) is 6.05. The molecule has 1 aliphatic heterocycles. The molecule has 3 rings (SSSR count). The van der Waals surface area contributed by atoms with Crippen LogP contribution in [0.2, 0.25) is 0 Å². The van der Waals surface area contributed by atoms with Crippen molar-refractivity contribution in [3.63, 3.8) is 0 Å². The van der Waals surface area contributed by atoms with E-state index in [1.165, 1.54) is 26.4 Å². The minimum atomic E-state index is -3.44. The van der Waals surface area contributed by atoms with E-state index in [9.17, 15) is 8.96 Å². The Morgan fingerprint density at radius 3 is 2.65 bits per heavy atom. The van der Waals surface area contributed by atoms with Gasteiger partial charge in [-0.25, -0.2) is 4.39 Å². The summed E-state index contributed by atoms with van der Waals surface area (Å²) >= 11 is 0. The zero-order valence-corrected chi connectivity index (χ0v) is 15.9. The van der Waals surface area contributed by atoms with Crippen molar-refractivity contribution in [3.05, 3.63) is 77.1 Å². The molecule has 6 heteroatoms. The molecule has 1 atom stereocenters. The molecule has 0 fully saturated rings. The third-order valence-electron chi connectivity index (χ3n) is 4.58. The number of halogens is 1. The van der Waals surface area contributed by atoms with E-state index >= 15 is 0 Å². The van der Waals surface area contributed by atoms with Gasteiger partial charge in [-0.1, -0.05) is 48.6 Å². The predicted octanol–water partition coefficient (Wildman–Crippen LogP) is 5.23.